The molecule has 2 aromatic carbocycles. The van der Waals surface area contributed by atoms with Gasteiger partial charge in [0.2, 0.25) is 0 Å². The van der Waals surface area contributed by atoms with E-state index in [4.69, 9.17) is 9.72 Å². The molecule has 0 radical (unpaired) electrons. The van der Waals surface area contributed by atoms with Crippen molar-refractivity contribution in [2.75, 3.05) is 12.4 Å². The molecule has 5 nitrogen and oxygen atoms in total. The fraction of sp³-hybridized carbons (Fsp3) is 0.348. The predicted octanol–water partition coefficient (Wildman–Crippen LogP) is 4.17. The first-order chi connectivity index (χ1) is 14.0. The molecule has 1 aliphatic rings. The Hall–Kier alpha value is -2.44. The number of ether oxygens (including phenoxy) is 1. The second-order valence-electron chi connectivity index (χ2n) is 7.47. The number of thioether (sulfide) groups is 1. The molecule has 1 saturated heterocycles. The SMILES string of the molecule is Cc1ccc(C(=O)CSc2nc3ccccc3c(=O)n2CC2CCCO2)cc1C. The van der Waals surface area contributed by atoms with Crippen LogP contribution in [0.2, 0.25) is 0 Å². The van der Waals surface area contributed by atoms with Crippen LogP contribution in [-0.4, -0.2) is 33.8 Å². The van der Waals surface area contributed by atoms with Crippen molar-refractivity contribution in [3.63, 3.8) is 0 Å². The fourth-order valence-electron chi connectivity index (χ4n) is 3.54. The lowest BCUT2D eigenvalue weighted by Gasteiger charge is -2.16. The third-order valence-electron chi connectivity index (χ3n) is 5.40. The van der Waals surface area contributed by atoms with Gasteiger partial charge in [0.25, 0.3) is 5.56 Å². The molecule has 1 fully saturated rings. The summed E-state index contributed by atoms with van der Waals surface area (Å²) in [5.41, 5.74) is 3.53. The molecule has 0 spiro atoms. The molecule has 0 aliphatic carbocycles. The Labute approximate surface area is 174 Å². The molecule has 0 amide bonds. The largest absolute Gasteiger partial charge is 0.376 e. The van der Waals surface area contributed by atoms with Gasteiger partial charge in [-0.15, -0.1) is 0 Å². The van der Waals surface area contributed by atoms with Gasteiger partial charge in [0, 0.05) is 12.2 Å². The number of aromatic nitrogens is 2. The van der Waals surface area contributed by atoms with E-state index in [0.29, 0.717) is 28.2 Å². The lowest BCUT2D eigenvalue weighted by atomic mass is 10.0. The number of carbonyl (C=O) groups excluding carboxylic acids is 1. The van der Waals surface area contributed by atoms with Crippen LogP contribution < -0.4 is 5.56 Å². The van der Waals surface area contributed by atoms with Crippen molar-refractivity contribution >= 4 is 28.4 Å². The van der Waals surface area contributed by atoms with Crippen molar-refractivity contribution < 1.29 is 9.53 Å². The van der Waals surface area contributed by atoms with Crippen molar-refractivity contribution in [2.24, 2.45) is 0 Å². The van der Waals surface area contributed by atoms with Crippen molar-refractivity contribution in [1.82, 2.24) is 9.55 Å². The molecule has 150 valence electrons. The summed E-state index contributed by atoms with van der Waals surface area (Å²) < 4.78 is 7.41. The van der Waals surface area contributed by atoms with E-state index in [1.807, 2.05) is 50.2 Å². The van der Waals surface area contributed by atoms with Gasteiger partial charge in [0.05, 0.1) is 29.3 Å². The van der Waals surface area contributed by atoms with Gasteiger partial charge in [0.15, 0.2) is 10.9 Å². The van der Waals surface area contributed by atoms with Gasteiger partial charge in [-0.25, -0.2) is 4.98 Å². The summed E-state index contributed by atoms with van der Waals surface area (Å²) in [4.78, 5) is 30.5. The van der Waals surface area contributed by atoms with E-state index in [1.165, 1.54) is 11.8 Å². The molecule has 29 heavy (non-hydrogen) atoms. The Bertz CT molecular complexity index is 1120. The number of ketones is 1. The van der Waals surface area contributed by atoms with E-state index in [1.54, 1.807) is 10.6 Å². The number of nitrogens with zero attached hydrogens (tertiary/aromatic N) is 2. The number of aryl methyl sites for hydroxylation is 2. The summed E-state index contributed by atoms with van der Waals surface area (Å²) in [7, 11) is 0. The standard InChI is InChI=1S/C23H24N2O3S/c1-15-9-10-17(12-16(15)2)21(26)14-29-23-24-20-8-4-3-7-19(20)22(27)25(23)13-18-6-5-11-28-18/h3-4,7-10,12,18H,5-6,11,13-14H2,1-2H3. The molecule has 1 aromatic heterocycles. The van der Waals surface area contributed by atoms with Crippen LogP contribution in [0.4, 0.5) is 0 Å². The highest BCUT2D eigenvalue weighted by Crippen LogP contribution is 2.22. The third kappa shape index (κ3) is 4.28. The van der Waals surface area contributed by atoms with Gasteiger partial charge < -0.3 is 4.74 Å². The van der Waals surface area contributed by atoms with E-state index >= 15 is 0 Å². The summed E-state index contributed by atoms with van der Waals surface area (Å²) in [6.45, 7) is 5.23. The Balaban J connectivity index is 1.63. The molecule has 0 N–H and O–H groups in total. The monoisotopic (exact) mass is 408 g/mol. The second-order valence-corrected chi connectivity index (χ2v) is 8.42. The van der Waals surface area contributed by atoms with Crippen LogP contribution in [-0.2, 0) is 11.3 Å². The topological polar surface area (TPSA) is 61.2 Å². The maximum absolute atomic E-state index is 13.1. The van der Waals surface area contributed by atoms with Crippen molar-refractivity contribution in [3.8, 4) is 0 Å². The predicted molar refractivity (Wildman–Crippen MR) is 116 cm³/mol. The van der Waals surface area contributed by atoms with Gasteiger partial charge in [-0.3, -0.25) is 14.2 Å². The quantitative estimate of drug-likeness (QED) is 0.348. The van der Waals surface area contributed by atoms with E-state index in [2.05, 4.69) is 0 Å². The maximum Gasteiger partial charge on any atom is 0.262 e. The molecule has 3 aromatic rings. The van der Waals surface area contributed by atoms with Crippen molar-refractivity contribution in [1.29, 1.82) is 0 Å². The molecule has 4 rings (SSSR count). The summed E-state index contributed by atoms with van der Waals surface area (Å²) in [6.07, 6.45) is 1.96. The van der Waals surface area contributed by atoms with Gasteiger partial charge in [-0.05, 0) is 56.0 Å². The minimum Gasteiger partial charge on any atom is -0.376 e. The number of carbonyl (C=O) groups is 1. The first-order valence-corrected chi connectivity index (χ1v) is 10.9. The molecule has 0 saturated carbocycles. The van der Waals surface area contributed by atoms with E-state index in [-0.39, 0.29) is 23.2 Å². The van der Waals surface area contributed by atoms with E-state index < -0.39 is 0 Å². The first-order valence-electron chi connectivity index (χ1n) is 9.87. The number of Topliss-reactive ketones (excluding diaryl/α,β-unsaturated/α-hetero) is 1. The number of hydrogen-bond acceptors (Lipinski definition) is 5. The minimum atomic E-state index is -0.0766. The van der Waals surface area contributed by atoms with Crippen molar-refractivity contribution in [2.45, 2.75) is 44.5 Å². The lowest BCUT2D eigenvalue weighted by Crippen LogP contribution is -2.29. The van der Waals surface area contributed by atoms with Crippen LogP contribution in [0.25, 0.3) is 10.9 Å². The Kier molecular flexibility index (Phi) is 5.83. The number of hydrogen-bond donors (Lipinski definition) is 0. The molecular weight excluding hydrogens is 384 g/mol. The van der Waals surface area contributed by atoms with Crippen LogP contribution in [0, 0.1) is 13.8 Å². The average Bonchev–Trinajstić information content (AvgIpc) is 3.24. The number of para-hydroxylation sites is 1. The minimum absolute atomic E-state index is 0.0189. The molecule has 0 bridgehead atoms. The number of rotatable bonds is 6. The molecule has 1 aliphatic heterocycles. The Morgan fingerprint density at radius 2 is 2.03 bits per heavy atom. The second kappa shape index (κ2) is 8.51. The highest BCUT2D eigenvalue weighted by Gasteiger charge is 2.21. The maximum atomic E-state index is 13.1. The molecule has 2 heterocycles. The van der Waals surface area contributed by atoms with Gasteiger partial charge in [-0.1, -0.05) is 36.0 Å². The summed E-state index contributed by atoms with van der Waals surface area (Å²) in [5, 5.41) is 1.16. The van der Waals surface area contributed by atoms with Crippen LogP contribution in [0.3, 0.4) is 0 Å². The van der Waals surface area contributed by atoms with Gasteiger partial charge in [0.1, 0.15) is 0 Å². The molecule has 1 atom stereocenters. The van der Waals surface area contributed by atoms with Crippen LogP contribution >= 0.6 is 11.8 Å². The van der Waals surface area contributed by atoms with Crippen LogP contribution in [0.15, 0.2) is 52.4 Å². The van der Waals surface area contributed by atoms with Gasteiger partial charge >= 0.3 is 0 Å². The Morgan fingerprint density at radius 3 is 2.79 bits per heavy atom. The third-order valence-corrected chi connectivity index (χ3v) is 6.37. The van der Waals surface area contributed by atoms with Crippen LogP contribution in [0.5, 0.6) is 0 Å². The highest BCUT2D eigenvalue weighted by molar-refractivity contribution is 7.99. The number of fused-ring (bicyclic) bond motifs is 1. The molecule has 6 heteroatoms. The normalized spacial score (nSPS) is 16.4. The average molecular weight is 409 g/mol. The zero-order valence-electron chi connectivity index (χ0n) is 16.7. The smallest absolute Gasteiger partial charge is 0.262 e. The molecular formula is C23H24N2O3S. The van der Waals surface area contributed by atoms with Gasteiger partial charge in [-0.2, -0.15) is 0 Å². The van der Waals surface area contributed by atoms with Crippen LogP contribution in [0.1, 0.15) is 34.3 Å². The Morgan fingerprint density at radius 1 is 1.21 bits per heavy atom. The van der Waals surface area contributed by atoms with Crippen molar-refractivity contribution in [3.05, 3.63) is 69.5 Å². The lowest BCUT2D eigenvalue weighted by molar-refractivity contribution is 0.0937. The fourth-order valence-corrected chi connectivity index (χ4v) is 4.44. The highest BCUT2D eigenvalue weighted by atomic mass is 32.2. The summed E-state index contributed by atoms with van der Waals surface area (Å²) in [5.74, 6) is 0.267. The van der Waals surface area contributed by atoms with E-state index in [0.717, 1.165) is 30.6 Å². The molecule has 1 unspecified atom stereocenters. The summed E-state index contributed by atoms with van der Waals surface area (Å²) in [6, 6.07) is 13.1. The number of benzene rings is 2. The first kappa shape index (κ1) is 19.9. The summed E-state index contributed by atoms with van der Waals surface area (Å²) >= 11 is 1.32. The zero-order valence-corrected chi connectivity index (χ0v) is 17.5. The zero-order chi connectivity index (χ0) is 20.4. The van der Waals surface area contributed by atoms with E-state index in [9.17, 15) is 9.59 Å².